The molecule has 9 nitrogen and oxygen atoms in total. The second-order valence-electron chi connectivity index (χ2n) is 9.06. The quantitative estimate of drug-likeness (QED) is 0.420. The maximum absolute atomic E-state index is 13.7. The van der Waals surface area contributed by atoms with Gasteiger partial charge in [-0.05, 0) is 43.2 Å². The number of thiazole rings is 1. The van der Waals surface area contributed by atoms with Gasteiger partial charge in [0.15, 0.2) is 11.4 Å². The summed E-state index contributed by atoms with van der Waals surface area (Å²) in [6.07, 6.45) is 1.79. The number of fused-ring (bicyclic) bond motifs is 1. The van der Waals surface area contributed by atoms with Crippen LogP contribution in [0.15, 0.2) is 75.7 Å². The summed E-state index contributed by atoms with van der Waals surface area (Å²) >= 11 is 1.27. The molecule has 0 saturated carbocycles. The van der Waals surface area contributed by atoms with Crippen LogP contribution in [0.2, 0.25) is 0 Å². The molecule has 1 atom stereocenters. The van der Waals surface area contributed by atoms with Crippen molar-refractivity contribution in [2.24, 2.45) is 4.99 Å². The number of hydrogen-bond donors (Lipinski definition) is 0. The third-order valence-electron chi connectivity index (χ3n) is 6.54. The number of ether oxygens (including phenoxy) is 3. The van der Waals surface area contributed by atoms with Gasteiger partial charge in [-0.1, -0.05) is 53.8 Å². The lowest BCUT2D eigenvalue weighted by molar-refractivity contribution is -0.139. The number of aromatic nitrogens is 1. The fourth-order valence-corrected chi connectivity index (χ4v) is 5.65. The van der Waals surface area contributed by atoms with Gasteiger partial charge in [-0.25, -0.2) is 9.79 Å². The SMILES string of the molecule is CCOC(=O)C1=C(C)N=c2s/c(=C/c3ccc(OCC(=O)N4CCOCC4)cc3)c(=O)n2[C@@H]1c1ccccc1. The molecule has 0 N–H and O–H groups in total. The number of nitrogens with zero attached hydrogens (tertiary/aromatic N) is 3. The molecule has 0 bridgehead atoms. The molecular weight excluding hydrogens is 518 g/mol. The molecular formula is C29H29N3O6S. The smallest absolute Gasteiger partial charge is 0.338 e. The summed E-state index contributed by atoms with van der Waals surface area (Å²) in [6.45, 7) is 5.93. The van der Waals surface area contributed by atoms with Gasteiger partial charge in [-0.2, -0.15) is 0 Å². The van der Waals surface area contributed by atoms with Crippen molar-refractivity contribution >= 4 is 29.3 Å². The second kappa shape index (κ2) is 11.8. The zero-order chi connectivity index (χ0) is 27.4. The average Bonchev–Trinajstić information content (AvgIpc) is 3.26. The van der Waals surface area contributed by atoms with Crippen molar-refractivity contribution in [2.45, 2.75) is 19.9 Å². The monoisotopic (exact) mass is 547 g/mol. The highest BCUT2D eigenvalue weighted by molar-refractivity contribution is 7.07. The molecule has 0 radical (unpaired) electrons. The Hall–Kier alpha value is -4.02. The third kappa shape index (κ3) is 5.71. The molecule has 1 saturated heterocycles. The van der Waals surface area contributed by atoms with E-state index in [1.54, 1.807) is 41.5 Å². The van der Waals surface area contributed by atoms with Crippen LogP contribution in [0.5, 0.6) is 5.75 Å². The van der Waals surface area contributed by atoms with Crippen molar-refractivity contribution in [2.75, 3.05) is 39.5 Å². The van der Waals surface area contributed by atoms with Gasteiger partial charge in [0.25, 0.3) is 11.5 Å². The Bertz CT molecular complexity index is 1570. The first-order valence-corrected chi connectivity index (χ1v) is 13.6. The van der Waals surface area contributed by atoms with Gasteiger partial charge in [0.05, 0.1) is 41.7 Å². The minimum absolute atomic E-state index is 0.0421. The number of carbonyl (C=O) groups excluding carboxylic acids is 2. The molecule has 202 valence electrons. The molecule has 39 heavy (non-hydrogen) atoms. The fraction of sp³-hybridized carbons (Fsp3) is 0.310. The van der Waals surface area contributed by atoms with Gasteiger partial charge in [0, 0.05) is 13.1 Å². The number of esters is 1. The maximum atomic E-state index is 13.7. The van der Waals surface area contributed by atoms with Crippen molar-refractivity contribution in [1.29, 1.82) is 0 Å². The van der Waals surface area contributed by atoms with Gasteiger partial charge in [-0.15, -0.1) is 0 Å². The lowest BCUT2D eigenvalue weighted by Gasteiger charge is -2.26. The molecule has 0 unspecified atom stereocenters. The van der Waals surface area contributed by atoms with Crippen molar-refractivity contribution in [3.05, 3.63) is 96.7 Å². The van der Waals surface area contributed by atoms with Crippen LogP contribution >= 0.6 is 11.3 Å². The molecule has 3 heterocycles. The van der Waals surface area contributed by atoms with E-state index in [1.807, 2.05) is 42.5 Å². The molecule has 1 amide bonds. The minimum Gasteiger partial charge on any atom is -0.484 e. The third-order valence-corrected chi connectivity index (χ3v) is 7.52. The lowest BCUT2D eigenvalue weighted by atomic mass is 9.96. The van der Waals surface area contributed by atoms with Crippen LogP contribution in [0.3, 0.4) is 0 Å². The first kappa shape index (κ1) is 26.6. The van der Waals surface area contributed by atoms with Gasteiger partial charge in [0.1, 0.15) is 5.75 Å². The van der Waals surface area contributed by atoms with Crippen LogP contribution in [0.1, 0.15) is 31.0 Å². The van der Waals surface area contributed by atoms with E-state index >= 15 is 0 Å². The first-order chi connectivity index (χ1) is 19.0. The van der Waals surface area contributed by atoms with Gasteiger partial charge >= 0.3 is 5.97 Å². The zero-order valence-corrected chi connectivity index (χ0v) is 22.6. The molecule has 2 aliphatic heterocycles. The summed E-state index contributed by atoms with van der Waals surface area (Å²) in [5.74, 6) is 0.00695. The normalized spacial score (nSPS) is 17.4. The molecule has 1 aromatic heterocycles. The molecule has 2 aliphatic rings. The van der Waals surface area contributed by atoms with E-state index in [2.05, 4.69) is 4.99 Å². The Morgan fingerprint density at radius 3 is 2.51 bits per heavy atom. The van der Waals surface area contributed by atoms with Crippen molar-refractivity contribution in [3.8, 4) is 5.75 Å². The van der Waals surface area contributed by atoms with Crippen LogP contribution < -0.4 is 19.6 Å². The van der Waals surface area contributed by atoms with Gasteiger partial charge in [-0.3, -0.25) is 14.2 Å². The Kier molecular flexibility index (Phi) is 8.04. The van der Waals surface area contributed by atoms with E-state index in [-0.39, 0.29) is 24.7 Å². The molecule has 0 spiro atoms. The Labute approximate surface area is 229 Å². The topological polar surface area (TPSA) is 99.4 Å². The minimum atomic E-state index is -0.636. The van der Waals surface area contributed by atoms with E-state index in [1.165, 1.54) is 11.3 Å². The molecule has 0 aliphatic carbocycles. The van der Waals surface area contributed by atoms with Crippen molar-refractivity contribution in [1.82, 2.24) is 9.47 Å². The highest BCUT2D eigenvalue weighted by atomic mass is 32.1. The molecule has 1 fully saturated rings. The molecule has 3 aromatic rings. The predicted octanol–water partition coefficient (Wildman–Crippen LogP) is 2.04. The summed E-state index contributed by atoms with van der Waals surface area (Å²) in [4.78, 5) is 45.8. The first-order valence-electron chi connectivity index (χ1n) is 12.8. The zero-order valence-electron chi connectivity index (χ0n) is 21.8. The number of benzene rings is 2. The summed E-state index contributed by atoms with van der Waals surface area (Å²) in [6, 6.07) is 16.0. The van der Waals surface area contributed by atoms with Crippen LogP contribution in [0.4, 0.5) is 0 Å². The number of allylic oxidation sites excluding steroid dienone is 1. The average molecular weight is 548 g/mol. The van der Waals surface area contributed by atoms with Gasteiger partial charge in [0.2, 0.25) is 0 Å². The lowest BCUT2D eigenvalue weighted by Crippen LogP contribution is -2.42. The van der Waals surface area contributed by atoms with Crippen molar-refractivity contribution < 1.29 is 23.8 Å². The predicted molar refractivity (Wildman–Crippen MR) is 146 cm³/mol. The fourth-order valence-electron chi connectivity index (χ4n) is 4.60. The van der Waals surface area contributed by atoms with Crippen molar-refractivity contribution in [3.63, 3.8) is 0 Å². The van der Waals surface area contributed by atoms with Crippen LogP contribution in [-0.2, 0) is 19.1 Å². The maximum Gasteiger partial charge on any atom is 0.338 e. The summed E-state index contributed by atoms with van der Waals surface area (Å²) in [5.41, 5.74) is 2.25. The summed E-state index contributed by atoms with van der Waals surface area (Å²) in [5, 5.41) is 0. The number of morpholine rings is 1. The Balaban J connectivity index is 1.42. The number of hydrogen-bond acceptors (Lipinski definition) is 8. The Morgan fingerprint density at radius 2 is 1.82 bits per heavy atom. The molecule has 10 heteroatoms. The molecule has 2 aromatic carbocycles. The van der Waals surface area contributed by atoms with E-state index in [0.717, 1.165) is 11.1 Å². The molecule has 5 rings (SSSR count). The highest BCUT2D eigenvalue weighted by Crippen LogP contribution is 2.30. The van der Waals surface area contributed by atoms with Crippen LogP contribution in [-0.4, -0.2) is 60.9 Å². The second-order valence-corrected chi connectivity index (χ2v) is 10.1. The standard InChI is InChI=1S/C29H29N3O6S/c1-3-37-28(35)25-19(2)30-29-32(26(25)21-7-5-4-6-8-21)27(34)23(39-29)17-20-9-11-22(12-10-20)38-18-24(33)31-13-15-36-16-14-31/h4-12,17,26H,3,13-16,18H2,1-2H3/b23-17+/t26-/m1/s1. The van der Waals surface area contributed by atoms with E-state index in [0.29, 0.717) is 52.7 Å². The number of carbonyl (C=O) groups is 2. The van der Waals surface area contributed by atoms with Crippen LogP contribution in [0, 0.1) is 0 Å². The summed E-state index contributed by atoms with van der Waals surface area (Å²) < 4.78 is 18.3. The Morgan fingerprint density at radius 1 is 1.10 bits per heavy atom. The van der Waals surface area contributed by atoms with E-state index in [9.17, 15) is 14.4 Å². The van der Waals surface area contributed by atoms with Gasteiger partial charge < -0.3 is 19.1 Å². The number of amides is 1. The highest BCUT2D eigenvalue weighted by Gasteiger charge is 2.33. The van der Waals surface area contributed by atoms with E-state index < -0.39 is 12.0 Å². The number of rotatable bonds is 7. The van der Waals surface area contributed by atoms with Crippen LogP contribution in [0.25, 0.3) is 6.08 Å². The summed E-state index contributed by atoms with van der Waals surface area (Å²) in [7, 11) is 0. The largest absolute Gasteiger partial charge is 0.484 e. The van der Waals surface area contributed by atoms with E-state index in [4.69, 9.17) is 14.2 Å².